The minimum Gasteiger partial charge on any atom is -0.495 e. The summed E-state index contributed by atoms with van der Waals surface area (Å²) in [6.45, 7) is 10.2. The highest BCUT2D eigenvalue weighted by molar-refractivity contribution is 14.0. The third-order valence-electron chi connectivity index (χ3n) is 6.02. The van der Waals surface area contributed by atoms with E-state index in [9.17, 15) is 0 Å². The predicted molar refractivity (Wildman–Crippen MR) is 150 cm³/mol. The number of anilines is 1. The van der Waals surface area contributed by atoms with Crippen molar-refractivity contribution >= 4 is 35.6 Å². The number of rotatable bonds is 7. The number of halogens is 1. The quantitative estimate of drug-likeness (QED) is 0.261. The highest BCUT2D eigenvalue weighted by Gasteiger charge is 2.21. The predicted octanol–water partition coefficient (Wildman–Crippen LogP) is 4.15. The summed E-state index contributed by atoms with van der Waals surface area (Å²) in [4.78, 5) is 14.0. The van der Waals surface area contributed by atoms with E-state index in [1.54, 1.807) is 7.11 Å². The van der Waals surface area contributed by atoms with Gasteiger partial charge in [-0.2, -0.15) is 0 Å². The molecule has 0 bridgehead atoms. The largest absolute Gasteiger partial charge is 0.495 e. The van der Waals surface area contributed by atoms with Gasteiger partial charge in [-0.05, 0) is 37.1 Å². The smallest absolute Gasteiger partial charge is 0.194 e. The number of imidazole rings is 1. The third kappa shape index (κ3) is 6.43. The van der Waals surface area contributed by atoms with E-state index in [1.165, 1.54) is 11.1 Å². The Balaban J connectivity index is 0.00000324. The Morgan fingerprint density at radius 2 is 1.82 bits per heavy atom. The maximum absolute atomic E-state index is 5.55. The van der Waals surface area contributed by atoms with Crippen LogP contribution in [-0.2, 0) is 13.1 Å². The van der Waals surface area contributed by atoms with E-state index >= 15 is 0 Å². The van der Waals surface area contributed by atoms with Gasteiger partial charge in [0.15, 0.2) is 5.96 Å². The standard InChI is InChI=1S/C26H34N6O.HI/c1-4-27-26(31-16-14-30(15-17-31)24-10-5-6-11-25(24)33-3)29-19-22-8-7-9-23(18-22)20-32-13-12-28-21(32)2;/h5-13,18H,4,14-17,19-20H2,1-3H3,(H,27,29);1H. The van der Waals surface area contributed by atoms with Gasteiger partial charge < -0.3 is 24.4 Å². The lowest BCUT2D eigenvalue weighted by Crippen LogP contribution is -2.52. The molecule has 3 aromatic rings. The molecule has 2 heterocycles. The van der Waals surface area contributed by atoms with E-state index in [-0.39, 0.29) is 24.0 Å². The Bertz CT molecular complexity index is 1070. The molecule has 0 spiro atoms. The summed E-state index contributed by atoms with van der Waals surface area (Å²) in [6.07, 6.45) is 3.87. The van der Waals surface area contributed by atoms with Crippen LogP contribution in [0.5, 0.6) is 5.75 Å². The molecule has 8 heteroatoms. The molecule has 182 valence electrons. The normalized spacial score (nSPS) is 14.0. The second kappa shape index (κ2) is 12.6. The molecule has 7 nitrogen and oxygen atoms in total. The summed E-state index contributed by atoms with van der Waals surface area (Å²) in [5.74, 6) is 2.94. The van der Waals surface area contributed by atoms with Crippen LogP contribution < -0.4 is 15.0 Å². The number of nitrogens with one attached hydrogen (secondary N) is 1. The molecule has 0 atom stereocenters. The number of aromatic nitrogens is 2. The first-order valence-corrected chi connectivity index (χ1v) is 11.6. The van der Waals surface area contributed by atoms with Crippen molar-refractivity contribution in [1.29, 1.82) is 0 Å². The Morgan fingerprint density at radius 1 is 1.06 bits per heavy atom. The molecule has 1 aliphatic heterocycles. The molecule has 1 aromatic heterocycles. The monoisotopic (exact) mass is 574 g/mol. The second-order valence-corrected chi connectivity index (χ2v) is 8.24. The molecule has 4 rings (SSSR count). The number of benzene rings is 2. The van der Waals surface area contributed by atoms with Gasteiger partial charge in [-0.15, -0.1) is 24.0 Å². The Morgan fingerprint density at radius 3 is 2.53 bits per heavy atom. The van der Waals surface area contributed by atoms with Gasteiger partial charge in [-0.3, -0.25) is 0 Å². The van der Waals surface area contributed by atoms with Crippen molar-refractivity contribution in [2.75, 3.05) is 44.7 Å². The molecule has 0 amide bonds. The molecule has 1 saturated heterocycles. The fourth-order valence-electron chi connectivity index (χ4n) is 4.24. The van der Waals surface area contributed by atoms with Crippen molar-refractivity contribution in [2.24, 2.45) is 4.99 Å². The molecular formula is C26H35IN6O. The van der Waals surface area contributed by atoms with E-state index in [0.717, 1.165) is 62.5 Å². The number of nitrogens with zero attached hydrogens (tertiary/aromatic N) is 5. The number of hydrogen-bond donors (Lipinski definition) is 1. The van der Waals surface area contributed by atoms with Crippen LogP contribution in [0.2, 0.25) is 0 Å². The van der Waals surface area contributed by atoms with E-state index in [2.05, 4.69) is 68.0 Å². The number of guanidine groups is 1. The molecule has 1 N–H and O–H groups in total. The fourth-order valence-corrected chi connectivity index (χ4v) is 4.24. The average molecular weight is 575 g/mol. The van der Waals surface area contributed by atoms with Gasteiger partial charge in [0.05, 0.1) is 19.3 Å². The van der Waals surface area contributed by atoms with Gasteiger partial charge in [0.25, 0.3) is 0 Å². The summed E-state index contributed by atoms with van der Waals surface area (Å²) in [5, 5.41) is 3.48. The molecule has 1 fully saturated rings. The molecule has 0 aliphatic carbocycles. The fraction of sp³-hybridized carbons (Fsp3) is 0.385. The van der Waals surface area contributed by atoms with Crippen molar-refractivity contribution in [3.8, 4) is 5.75 Å². The molecule has 0 unspecified atom stereocenters. The van der Waals surface area contributed by atoms with Crippen LogP contribution in [0.4, 0.5) is 5.69 Å². The van der Waals surface area contributed by atoms with Crippen LogP contribution in [-0.4, -0.2) is 60.2 Å². The molecule has 0 radical (unpaired) electrons. The highest BCUT2D eigenvalue weighted by atomic mass is 127. The van der Waals surface area contributed by atoms with Crippen LogP contribution >= 0.6 is 24.0 Å². The minimum absolute atomic E-state index is 0. The first-order valence-electron chi connectivity index (χ1n) is 11.6. The van der Waals surface area contributed by atoms with Crippen molar-refractivity contribution in [3.05, 3.63) is 77.9 Å². The number of piperazine rings is 1. The summed E-state index contributed by atoms with van der Waals surface area (Å²) >= 11 is 0. The molecule has 34 heavy (non-hydrogen) atoms. The maximum Gasteiger partial charge on any atom is 0.194 e. The summed E-state index contributed by atoms with van der Waals surface area (Å²) in [5.41, 5.74) is 3.64. The van der Waals surface area contributed by atoms with Crippen LogP contribution in [0, 0.1) is 6.92 Å². The number of hydrogen-bond acceptors (Lipinski definition) is 4. The lowest BCUT2D eigenvalue weighted by molar-refractivity contribution is 0.367. The van der Waals surface area contributed by atoms with E-state index < -0.39 is 0 Å². The van der Waals surface area contributed by atoms with Crippen LogP contribution in [0.1, 0.15) is 23.9 Å². The van der Waals surface area contributed by atoms with Gasteiger partial charge in [-0.1, -0.05) is 36.4 Å². The second-order valence-electron chi connectivity index (χ2n) is 8.24. The van der Waals surface area contributed by atoms with E-state index in [0.29, 0.717) is 6.54 Å². The molecule has 0 saturated carbocycles. The summed E-state index contributed by atoms with van der Waals surface area (Å²) < 4.78 is 7.71. The number of ether oxygens (including phenoxy) is 1. The summed E-state index contributed by atoms with van der Waals surface area (Å²) in [6, 6.07) is 16.9. The summed E-state index contributed by atoms with van der Waals surface area (Å²) in [7, 11) is 1.73. The minimum atomic E-state index is 0. The Labute approximate surface area is 219 Å². The van der Waals surface area contributed by atoms with Crippen molar-refractivity contribution in [1.82, 2.24) is 19.8 Å². The molecule has 1 aliphatic rings. The lowest BCUT2D eigenvalue weighted by atomic mass is 10.1. The lowest BCUT2D eigenvalue weighted by Gasteiger charge is -2.38. The van der Waals surface area contributed by atoms with Crippen molar-refractivity contribution < 1.29 is 4.74 Å². The first kappa shape index (κ1) is 25.9. The zero-order valence-electron chi connectivity index (χ0n) is 20.3. The van der Waals surface area contributed by atoms with Crippen LogP contribution in [0.25, 0.3) is 0 Å². The van der Waals surface area contributed by atoms with Crippen molar-refractivity contribution in [2.45, 2.75) is 26.9 Å². The number of methoxy groups -OCH3 is 1. The van der Waals surface area contributed by atoms with Gasteiger partial charge in [0, 0.05) is 51.7 Å². The van der Waals surface area contributed by atoms with Gasteiger partial charge in [-0.25, -0.2) is 9.98 Å². The first-order chi connectivity index (χ1) is 16.2. The van der Waals surface area contributed by atoms with Crippen LogP contribution in [0.3, 0.4) is 0 Å². The van der Waals surface area contributed by atoms with E-state index in [1.807, 2.05) is 31.5 Å². The number of aliphatic imine (C=N–C) groups is 1. The maximum atomic E-state index is 5.55. The van der Waals surface area contributed by atoms with Gasteiger partial charge in [0.2, 0.25) is 0 Å². The third-order valence-corrected chi connectivity index (χ3v) is 6.02. The topological polar surface area (TPSA) is 57.9 Å². The average Bonchev–Trinajstić information content (AvgIpc) is 3.26. The van der Waals surface area contributed by atoms with E-state index in [4.69, 9.17) is 9.73 Å². The van der Waals surface area contributed by atoms with Gasteiger partial charge >= 0.3 is 0 Å². The van der Waals surface area contributed by atoms with Crippen LogP contribution in [0.15, 0.2) is 65.9 Å². The SMILES string of the molecule is CCNC(=NCc1cccc(Cn2ccnc2C)c1)N1CCN(c2ccccc2OC)CC1.I. The Kier molecular flexibility index (Phi) is 9.62. The number of aryl methyl sites for hydroxylation is 1. The zero-order chi connectivity index (χ0) is 23.0. The van der Waals surface area contributed by atoms with Crippen molar-refractivity contribution in [3.63, 3.8) is 0 Å². The molecular weight excluding hydrogens is 539 g/mol. The Hall–Kier alpha value is -2.75. The number of para-hydroxylation sites is 2. The zero-order valence-corrected chi connectivity index (χ0v) is 22.6. The molecule has 2 aromatic carbocycles. The van der Waals surface area contributed by atoms with Gasteiger partial charge in [0.1, 0.15) is 11.6 Å². The highest BCUT2D eigenvalue weighted by Crippen LogP contribution is 2.28.